The van der Waals surface area contributed by atoms with Gasteiger partial charge in [-0.1, -0.05) is 12.1 Å². The average molecular weight is 573 g/mol. The van der Waals surface area contributed by atoms with E-state index in [4.69, 9.17) is 4.74 Å². The molecule has 0 spiro atoms. The van der Waals surface area contributed by atoms with Gasteiger partial charge in [-0.15, -0.1) is 0 Å². The maximum Gasteiger partial charge on any atom is 0.410 e. The molecule has 9 nitrogen and oxygen atoms in total. The van der Waals surface area contributed by atoms with Crippen LogP contribution < -0.4 is 10.0 Å². The van der Waals surface area contributed by atoms with Gasteiger partial charge >= 0.3 is 12.1 Å². The summed E-state index contributed by atoms with van der Waals surface area (Å²) in [5.74, 6) is 0. The largest absolute Gasteiger partial charge is 0.444 e. The van der Waals surface area contributed by atoms with Crippen LogP contribution >= 0.6 is 0 Å². The van der Waals surface area contributed by atoms with Crippen molar-refractivity contribution in [3.05, 3.63) is 39.8 Å². The lowest BCUT2D eigenvalue weighted by atomic mass is 9.84. The van der Waals surface area contributed by atoms with Crippen molar-refractivity contribution in [2.24, 2.45) is 0 Å². The molecule has 0 unspecified atom stereocenters. The predicted molar refractivity (Wildman–Crippen MR) is 156 cm³/mol. The zero-order valence-corrected chi connectivity index (χ0v) is 25.4. The van der Waals surface area contributed by atoms with Gasteiger partial charge in [-0.25, -0.2) is 22.7 Å². The number of aryl methyl sites for hydroxylation is 2. The number of urea groups is 1. The van der Waals surface area contributed by atoms with Crippen LogP contribution in [0.4, 0.5) is 15.3 Å². The van der Waals surface area contributed by atoms with Crippen molar-refractivity contribution in [1.29, 1.82) is 0 Å². The van der Waals surface area contributed by atoms with Gasteiger partial charge in [0.05, 0.1) is 5.54 Å². The Kier molecular flexibility index (Phi) is 7.48. The number of benzene rings is 1. The molecule has 220 valence electrons. The van der Waals surface area contributed by atoms with E-state index in [0.717, 1.165) is 86.6 Å². The quantitative estimate of drug-likeness (QED) is 0.503. The number of likely N-dealkylation sites (tertiary alicyclic amines) is 2. The van der Waals surface area contributed by atoms with E-state index in [1.807, 2.05) is 32.6 Å². The molecule has 1 aromatic rings. The fourth-order valence-corrected chi connectivity index (χ4v) is 7.65. The Morgan fingerprint density at radius 3 is 2.23 bits per heavy atom. The fraction of sp³-hybridized carbons (Fsp3) is 0.667. The summed E-state index contributed by atoms with van der Waals surface area (Å²) in [5, 5.41) is 4.01. The van der Waals surface area contributed by atoms with Crippen molar-refractivity contribution in [2.75, 3.05) is 25.0 Å². The minimum atomic E-state index is -4.00. The first-order valence-corrected chi connectivity index (χ1v) is 16.2. The van der Waals surface area contributed by atoms with Crippen LogP contribution in [0.1, 0.15) is 89.0 Å². The Balaban J connectivity index is 1.23. The molecule has 2 aliphatic carbocycles. The third kappa shape index (κ3) is 5.88. The molecule has 0 radical (unpaired) electrons. The molecule has 5 rings (SSSR count). The van der Waals surface area contributed by atoms with Gasteiger partial charge in [0, 0.05) is 36.3 Å². The first-order valence-electron chi connectivity index (χ1n) is 14.6. The van der Waals surface area contributed by atoms with E-state index in [0.29, 0.717) is 13.1 Å². The zero-order valence-electron chi connectivity index (χ0n) is 24.6. The number of rotatable bonds is 6. The lowest BCUT2D eigenvalue weighted by Gasteiger charge is -2.53. The van der Waals surface area contributed by atoms with Crippen molar-refractivity contribution < 1.29 is 22.7 Å². The Labute approximate surface area is 238 Å². The summed E-state index contributed by atoms with van der Waals surface area (Å²) in [4.78, 5) is 29.8. The summed E-state index contributed by atoms with van der Waals surface area (Å²) in [6.45, 7) is 11.7. The van der Waals surface area contributed by atoms with Gasteiger partial charge in [0.25, 0.3) is 10.0 Å². The number of nitrogens with one attached hydrogen (secondary N) is 2. The molecule has 10 heteroatoms. The number of ether oxygens (including phenoxy) is 1. The highest BCUT2D eigenvalue weighted by Gasteiger charge is 2.48. The number of carbonyl (C=O) groups excluding carboxylic acids is 2. The SMILES string of the molecule is CC(C)(C)OC(=O)N1CCC[C@@]1(C)CN1CC[C@@]1(C)/C=C/S(=O)(=O)NC(=O)Nc1c2c(cc3c1CCC3)CCC2. The summed E-state index contributed by atoms with van der Waals surface area (Å²) >= 11 is 0. The molecular weight excluding hydrogens is 528 g/mol. The summed E-state index contributed by atoms with van der Waals surface area (Å²) in [7, 11) is -4.00. The highest BCUT2D eigenvalue weighted by molar-refractivity contribution is 7.92. The van der Waals surface area contributed by atoms with Crippen molar-refractivity contribution in [1.82, 2.24) is 14.5 Å². The second-order valence-electron chi connectivity index (χ2n) is 13.4. The molecule has 2 atom stereocenters. The molecule has 0 aromatic heterocycles. The Hall–Kier alpha value is -2.59. The molecule has 2 aliphatic heterocycles. The monoisotopic (exact) mass is 572 g/mol. The van der Waals surface area contributed by atoms with Crippen molar-refractivity contribution >= 4 is 27.8 Å². The van der Waals surface area contributed by atoms with E-state index in [2.05, 4.69) is 27.9 Å². The van der Waals surface area contributed by atoms with Crippen LogP contribution in [-0.2, 0) is 40.4 Å². The summed E-state index contributed by atoms with van der Waals surface area (Å²) < 4.78 is 33.7. The smallest absolute Gasteiger partial charge is 0.410 e. The summed E-state index contributed by atoms with van der Waals surface area (Å²) in [6.07, 6.45) is 9.83. The Morgan fingerprint density at radius 1 is 1.00 bits per heavy atom. The molecule has 0 saturated carbocycles. The highest BCUT2D eigenvalue weighted by atomic mass is 32.2. The van der Waals surface area contributed by atoms with Crippen molar-refractivity contribution in [3.63, 3.8) is 0 Å². The molecule has 4 aliphatic rings. The van der Waals surface area contributed by atoms with Crippen molar-refractivity contribution in [3.8, 4) is 0 Å². The molecule has 2 N–H and O–H groups in total. The van der Waals surface area contributed by atoms with Crippen LogP contribution in [0.5, 0.6) is 0 Å². The number of carbonyl (C=O) groups is 2. The van der Waals surface area contributed by atoms with Crippen LogP contribution in [0.2, 0.25) is 0 Å². The molecule has 2 heterocycles. The highest BCUT2D eigenvalue weighted by Crippen LogP contribution is 2.40. The zero-order chi connectivity index (χ0) is 28.9. The van der Waals surface area contributed by atoms with E-state index in [-0.39, 0.29) is 6.09 Å². The molecular formula is C30H44N4O5S. The number of nitrogens with zero attached hydrogens (tertiary/aromatic N) is 2. The topological polar surface area (TPSA) is 108 Å². The van der Waals surface area contributed by atoms with Crippen LogP contribution in [-0.4, -0.2) is 66.7 Å². The van der Waals surface area contributed by atoms with E-state index in [9.17, 15) is 18.0 Å². The molecule has 2 saturated heterocycles. The van der Waals surface area contributed by atoms with Crippen LogP contribution in [0, 0.1) is 0 Å². The number of anilines is 1. The Morgan fingerprint density at radius 2 is 1.65 bits per heavy atom. The number of amides is 3. The second-order valence-corrected chi connectivity index (χ2v) is 15.0. The third-order valence-corrected chi connectivity index (χ3v) is 10.0. The molecule has 1 aromatic carbocycles. The fourth-order valence-electron chi connectivity index (χ4n) is 6.80. The van der Waals surface area contributed by atoms with Crippen LogP contribution in [0.15, 0.2) is 17.6 Å². The lowest BCUT2D eigenvalue weighted by molar-refractivity contribution is -0.0258. The molecule has 2 fully saturated rings. The van der Waals surface area contributed by atoms with Gasteiger partial charge in [-0.05, 0) is 115 Å². The second kappa shape index (κ2) is 10.4. The van der Waals surface area contributed by atoms with Crippen molar-refractivity contribution in [2.45, 2.75) is 109 Å². The Bertz CT molecular complexity index is 1300. The summed E-state index contributed by atoms with van der Waals surface area (Å²) in [6, 6.07) is 1.55. The third-order valence-electron chi connectivity index (χ3n) is 9.06. The molecule has 0 bridgehead atoms. The van der Waals surface area contributed by atoms with E-state index < -0.39 is 32.7 Å². The number of hydrogen-bond donors (Lipinski definition) is 2. The number of hydrogen-bond acceptors (Lipinski definition) is 6. The normalized spacial score (nSPS) is 26.5. The first kappa shape index (κ1) is 28.9. The first-order chi connectivity index (χ1) is 18.7. The van der Waals surface area contributed by atoms with Gasteiger partial charge in [0.1, 0.15) is 5.60 Å². The minimum absolute atomic E-state index is 0.308. The van der Waals surface area contributed by atoms with Gasteiger partial charge < -0.3 is 15.0 Å². The van der Waals surface area contributed by atoms with E-state index in [1.54, 1.807) is 6.08 Å². The van der Waals surface area contributed by atoms with Gasteiger partial charge in [0.2, 0.25) is 0 Å². The predicted octanol–water partition coefficient (Wildman–Crippen LogP) is 4.88. The number of sulfonamides is 1. The van der Waals surface area contributed by atoms with Crippen LogP contribution in [0.3, 0.4) is 0 Å². The van der Waals surface area contributed by atoms with E-state index >= 15 is 0 Å². The maximum atomic E-state index is 12.9. The van der Waals surface area contributed by atoms with Gasteiger partial charge in [-0.3, -0.25) is 4.90 Å². The summed E-state index contributed by atoms with van der Waals surface area (Å²) in [5.41, 5.74) is 4.22. The average Bonchev–Trinajstić information content (AvgIpc) is 3.59. The standard InChI is InChI=1S/C30H44N4O5S/c1-28(2,3)39-27(36)34-16-8-13-30(34,5)20-33-17-14-29(33,4)15-18-40(37,38)32-26(35)31-25-23-11-6-9-21(23)19-22-10-7-12-24(22)25/h15,18-19H,6-14,16-17,20H2,1-5H3,(H2,31,32,35)/b18-15+/t29-,30-/m0/s1. The van der Waals surface area contributed by atoms with Crippen LogP contribution in [0.25, 0.3) is 0 Å². The maximum absolute atomic E-state index is 12.9. The molecule has 40 heavy (non-hydrogen) atoms. The number of fused-ring (bicyclic) bond motifs is 2. The van der Waals surface area contributed by atoms with Gasteiger partial charge in [-0.2, -0.15) is 0 Å². The van der Waals surface area contributed by atoms with E-state index in [1.165, 1.54) is 11.1 Å². The minimum Gasteiger partial charge on any atom is -0.444 e. The lowest BCUT2D eigenvalue weighted by Crippen LogP contribution is -2.63. The molecule has 3 amide bonds. The van der Waals surface area contributed by atoms with Gasteiger partial charge in [0.15, 0.2) is 0 Å².